The summed E-state index contributed by atoms with van der Waals surface area (Å²) in [6.45, 7) is 0. The zero-order chi connectivity index (χ0) is 11.2. The van der Waals surface area contributed by atoms with Gasteiger partial charge in [0, 0.05) is 0 Å². The summed E-state index contributed by atoms with van der Waals surface area (Å²) in [4.78, 5) is 16.7. The lowest BCUT2D eigenvalue weighted by Crippen LogP contribution is -1.78. The van der Waals surface area contributed by atoms with Gasteiger partial charge in [-0.25, -0.2) is 20.4 Å². The van der Waals surface area contributed by atoms with Gasteiger partial charge in [-0.1, -0.05) is 18.2 Å². The van der Waals surface area contributed by atoms with E-state index in [1.807, 2.05) is 30.3 Å². The predicted octanol–water partition coefficient (Wildman–Crippen LogP) is 1.92. The van der Waals surface area contributed by atoms with Crippen LogP contribution in [0.15, 0.2) is 30.3 Å². The summed E-state index contributed by atoms with van der Waals surface area (Å²) in [7, 11) is 1.66. The van der Waals surface area contributed by atoms with Gasteiger partial charge in [-0.05, 0) is 12.1 Å². The molecule has 2 N–H and O–H groups in total. The Morgan fingerprint density at radius 2 is 1.40 bits per heavy atom. The van der Waals surface area contributed by atoms with Gasteiger partial charge in [0.1, 0.15) is 5.75 Å². The molecule has 0 saturated heterocycles. The summed E-state index contributed by atoms with van der Waals surface area (Å²) in [5.74, 6) is 0.910. The maximum atomic E-state index is 8.35. The molecule has 0 heterocycles. The van der Waals surface area contributed by atoms with Gasteiger partial charge in [0.2, 0.25) is 12.2 Å². The Kier molecular flexibility index (Phi) is 22.5. The van der Waals surface area contributed by atoms with Gasteiger partial charge >= 0.3 is 0 Å². The van der Waals surface area contributed by atoms with E-state index >= 15 is 0 Å². The molecule has 82 valence electrons. The number of hydrogen-bond acceptors (Lipinski definition) is 5. The number of ether oxygens (including phenoxy) is 1. The topological polar surface area (TPSA) is 91.1 Å². The molecule has 0 aliphatic carbocycles. The number of halogens is 1. The molecule has 15 heavy (non-hydrogen) atoms. The van der Waals surface area contributed by atoms with Crippen LogP contribution in [0.4, 0.5) is 0 Å². The highest BCUT2D eigenvalue weighted by Gasteiger charge is 1.80. The first-order chi connectivity index (χ1) is 6.76. The summed E-state index contributed by atoms with van der Waals surface area (Å²) in [5.41, 5.74) is 0. The van der Waals surface area contributed by atoms with Crippen LogP contribution in [0.25, 0.3) is 0 Å². The third-order valence-corrected chi connectivity index (χ3v) is 0.979. The predicted molar refractivity (Wildman–Crippen MR) is 57.1 cm³/mol. The summed E-state index contributed by atoms with van der Waals surface area (Å²) >= 11 is 0. The van der Waals surface area contributed by atoms with E-state index in [0.29, 0.717) is 0 Å². The van der Waals surface area contributed by atoms with Crippen LogP contribution >= 0.6 is 12.4 Å². The summed E-state index contributed by atoms with van der Waals surface area (Å²) < 4.78 is 4.91. The Morgan fingerprint density at radius 3 is 1.60 bits per heavy atom. The number of isocyanates is 2. The van der Waals surface area contributed by atoms with E-state index in [1.54, 1.807) is 7.11 Å². The van der Waals surface area contributed by atoms with Crippen molar-refractivity contribution in [1.29, 1.82) is 10.8 Å². The molecule has 1 aromatic carbocycles. The lowest BCUT2D eigenvalue weighted by Gasteiger charge is -1.93. The van der Waals surface area contributed by atoms with Crippen LogP contribution in [-0.4, -0.2) is 19.3 Å². The largest absolute Gasteiger partial charge is 0.497 e. The fraction of sp³-hybridized carbons (Fsp3) is 0.111. The molecule has 0 aliphatic rings. The normalized spacial score (nSPS) is 5.67. The average molecular weight is 231 g/mol. The summed E-state index contributed by atoms with van der Waals surface area (Å²) in [6, 6.07) is 9.68. The van der Waals surface area contributed by atoms with Gasteiger partial charge in [-0.15, -0.1) is 12.4 Å². The fourth-order valence-corrected chi connectivity index (χ4v) is 0.557. The van der Waals surface area contributed by atoms with Crippen molar-refractivity contribution < 1.29 is 14.3 Å². The average Bonchev–Trinajstić information content (AvgIpc) is 2.21. The Labute approximate surface area is 93.5 Å². The zero-order valence-corrected chi connectivity index (χ0v) is 8.84. The van der Waals surface area contributed by atoms with Crippen LogP contribution in [0.5, 0.6) is 5.75 Å². The number of benzene rings is 1. The molecule has 0 saturated carbocycles. The van der Waals surface area contributed by atoms with Crippen LogP contribution in [0.3, 0.4) is 0 Å². The van der Waals surface area contributed by atoms with E-state index in [4.69, 9.17) is 25.1 Å². The first kappa shape index (κ1) is 18.8. The first-order valence-electron chi connectivity index (χ1n) is 3.43. The minimum Gasteiger partial charge on any atom is -0.497 e. The van der Waals surface area contributed by atoms with Crippen molar-refractivity contribution in [2.24, 2.45) is 0 Å². The second-order valence-electron chi connectivity index (χ2n) is 1.72. The lowest BCUT2D eigenvalue weighted by atomic mass is 10.3. The molecule has 0 fully saturated rings. The molecule has 0 spiro atoms. The van der Waals surface area contributed by atoms with Crippen molar-refractivity contribution in [3.05, 3.63) is 30.3 Å². The minimum atomic E-state index is 0. The highest BCUT2D eigenvalue weighted by Crippen LogP contribution is 2.05. The highest BCUT2D eigenvalue weighted by molar-refractivity contribution is 5.85. The van der Waals surface area contributed by atoms with E-state index in [9.17, 15) is 0 Å². The fourth-order valence-electron chi connectivity index (χ4n) is 0.557. The number of methoxy groups -OCH3 is 1. The SMILES string of the molecule is COc1ccccc1.Cl.N=C=O.N=C=O. The molecule has 0 amide bonds. The van der Waals surface area contributed by atoms with Gasteiger partial charge in [0.05, 0.1) is 7.11 Å². The minimum absolute atomic E-state index is 0. The number of nitrogens with one attached hydrogen (secondary N) is 2. The van der Waals surface area contributed by atoms with Gasteiger partial charge in [-0.2, -0.15) is 0 Å². The van der Waals surface area contributed by atoms with Crippen molar-refractivity contribution in [3.8, 4) is 5.75 Å². The Bertz CT molecular complexity index is 279. The van der Waals surface area contributed by atoms with Gasteiger partial charge in [-0.3, -0.25) is 0 Å². The van der Waals surface area contributed by atoms with E-state index in [2.05, 4.69) is 0 Å². The zero-order valence-electron chi connectivity index (χ0n) is 8.02. The number of carbonyl (C=O) groups excluding carboxylic acids is 2. The molecular formula is C9H11ClN2O3. The van der Waals surface area contributed by atoms with Crippen molar-refractivity contribution in [1.82, 2.24) is 0 Å². The molecule has 1 rings (SSSR count). The van der Waals surface area contributed by atoms with Gasteiger partial charge in [0.15, 0.2) is 0 Å². The third-order valence-electron chi connectivity index (χ3n) is 0.979. The number of hydrogen-bond donors (Lipinski definition) is 2. The van der Waals surface area contributed by atoms with E-state index < -0.39 is 0 Å². The first-order valence-corrected chi connectivity index (χ1v) is 3.43. The summed E-state index contributed by atoms with van der Waals surface area (Å²) in [6.07, 6.45) is 1.50. The molecule has 0 unspecified atom stereocenters. The van der Waals surface area contributed by atoms with Crippen LogP contribution in [0, 0.1) is 10.8 Å². The van der Waals surface area contributed by atoms with Crippen LogP contribution in [0.2, 0.25) is 0 Å². The highest BCUT2D eigenvalue weighted by atomic mass is 35.5. The van der Waals surface area contributed by atoms with Crippen LogP contribution in [-0.2, 0) is 9.59 Å². The van der Waals surface area contributed by atoms with Crippen LogP contribution in [0.1, 0.15) is 0 Å². The van der Waals surface area contributed by atoms with Crippen molar-refractivity contribution in [3.63, 3.8) is 0 Å². The smallest absolute Gasteiger partial charge is 0.231 e. The molecule has 0 radical (unpaired) electrons. The van der Waals surface area contributed by atoms with E-state index in [-0.39, 0.29) is 12.4 Å². The Hall–Kier alpha value is -1.93. The number of rotatable bonds is 1. The van der Waals surface area contributed by atoms with Gasteiger partial charge < -0.3 is 4.74 Å². The molecule has 0 aliphatic heterocycles. The maximum Gasteiger partial charge on any atom is 0.231 e. The van der Waals surface area contributed by atoms with E-state index in [1.165, 1.54) is 0 Å². The van der Waals surface area contributed by atoms with E-state index in [0.717, 1.165) is 17.9 Å². The number of para-hydroxylation sites is 1. The third kappa shape index (κ3) is 18.8. The maximum absolute atomic E-state index is 8.35. The molecule has 6 heteroatoms. The Morgan fingerprint density at radius 1 is 1.07 bits per heavy atom. The molecular weight excluding hydrogens is 220 g/mol. The van der Waals surface area contributed by atoms with Crippen LogP contribution < -0.4 is 4.74 Å². The lowest BCUT2D eigenvalue weighted by molar-refractivity contribution is 0.415. The van der Waals surface area contributed by atoms with Gasteiger partial charge in [0.25, 0.3) is 0 Å². The standard InChI is InChI=1S/C7H8O.2CHNO.ClH/c1-8-7-5-3-2-4-6-7;2*2-1-3;/h2-6H,1H3;2*2H;1H. The van der Waals surface area contributed by atoms with Crippen molar-refractivity contribution in [2.45, 2.75) is 0 Å². The molecule has 5 nitrogen and oxygen atoms in total. The Balaban J connectivity index is -0.000000177. The second kappa shape index (κ2) is 18.0. The second-order valence-corrected chi connectivity index (χ2v) is 1.72. The molecule has 0 bridgehead atoms. The molecule has 1 aromatic rings. The molecule has 0 aromatic heterocycles. The monoisotopic (exact) mass is 230 g/mol. The molecule has 0 atom stereocenters. The quantitative estimate of drug-likeness (QED) is 0.570. The van der Waals surface area contributed by atoms with Crippen molar-refractivity contribution >= 4 is 24.6 Å². The van der Waals surface area contributed by atoms with Crippen molar-refractivity contribution in [2.75, 3.05) is 7.11 Å². The summed E-state index contributed by atoms with van der Waals surface area (Å²) in [5, 5.41) is 10.8.